The molecule has 9 heteroatoms. The van der Waals surface area contributed by atoms with Crippen LogP contribution < -0.4 is 4.74 Å². The van der Waals surface area contributed by atoms with E-state index in [1.807, 2.05) is 30.3 Å². The zero-order chi connectivity index (χ0) is 21.1. The van der Waals surface area contributed by atoms with E-state index < -0.39 is 35.1 Å². The Morgan fingerprint density at radius 3 is 2.40 bits per heavy atom. The average Bonchev–Trinajstić information content (AvgIpc) is 2.74. The summed E-state index contributed by atoms with van der Waals surface area (Å²) in [5.74, 6) is -1.32. The molecule has 2 aliphatic heterocycles. The molecule has 3 atom stereocenters. The van der Waals surface area contributed by atoms with Crippen LogP contribution in [0.2, 0.25) is 0 Å². The Labute approximate surface area is 171 Å². The smallest absolute Gasteiger partial charge is 0.350 e. The summed E-state index contributed by atoms with van der Waals surface area (Å²) in [5, 5.41) is 12.2. The number of carbonyl (C=O) groups is 2. The summed E-state index contributed by atoms with van der Waals surface area (Å²) in [6, 6.07) is 15.1. The van der Waals surface area contributed by atoms with Gasteiger partial charge < -0.3 is 14.3 Å². The van der Waals surface area contributed by atoms with E-state index in [0.717, 1.165) is 17.7 Å². The van der Waals surface area contributed by atoms with Crippen LogP contribution in [0.1, 0.15) is 17.9 Å². The van der Waals surface area contributed by atoms with Crippen molar-refractivity contribution in [2.75, 3.05) is 6.54 Å². The molecule has 0 aromatic heterocycles. The summed E-state index contributed by atoms with van der Waals surface area (Å²) in [7, 11) is 0. The molecule has 0 radical (unpaired) electrons. The normalized spacial score (nSPS) is 25.1. The summed E-state index contributed by atoms with van der Waals surface area (Å²) in [5.41, 5.74) is 0.803. The third-order valence-corrected chi connectivity index (χ3v) is 4.94. The van der Waals surface area contributed by atoms with Crippen LogP contribution in [0.15, 0.2) is 66.7 Å². The van der Waals surface area contributed by atoms with Crippen molar-refractivity contribution in [3.63, 3.8) is 0 Å². The van der Waals surface area contributed by atoms with E-state index in [-0.39, 0.29) is 5.69 Å². The predicted molar refractivity (Wildman–Crippen MR) is 103 cm³/mol. The fourth-order valence-electron chi connectivity index (χ4n) is 3.60. The maximum absolute atomic E-state index is 12.1. The van der Waals surface area contributed by atoms with Crippen molar-refractivity contribution >= 4 is 17.6 Å². The van der Waals surface area contributed by atoms with Gasteiger partial charge in [0, 0.05) is 37.3 Å². The number of hydrogen-bond donors (Lipinski definition) is 0. The molecule has 0 amide bonds. The number of carbonyl (C=O) groups excluding carboxylic acids is 2. The van der Waals surface area contributed by atoms with Crippen LogP contribution in [0.25, 0.3) is 0 Å². The lowest BCUT2D eigenvalue weighted by atomic mass is 9.86. The van der Waals surface area contributed by atoms with Crippen LogP contribution >= 0.6 is 0 Å². The van der Waals surface area contributed by atoms with E-state index in [1.165, 1.54) is 29.3 Å². The summed E-state index contributed by atoms with van der Waals surface area (Å²) in [6.07, 6.45) is 1.22. The highest BCUT2D eigenvalue weighted by atomic mass is 16.7. The highest BCUT2D eigenvalue weighted by Crippen LogP contribution is 2.37. The Morgan fingerprint density at radius 2 is 1.70 bits per heavy atom. The standard InChI is InChI=1S/C21H18N2O7/c24-18-10-11-19(25)30-22-13-12-17(28-16-8-6-15(7-9-16)23(26)27)20(21(22)29-18)14-4-2-1-3-5-14/h1-11,17,20-21H,12-13H2/b11-10-. The van der Waals surface area contributed by atoms with Crippen LogP contribution in [-0.4, -0.2) is 40.8 Å². The van der Waals surface area contributed by atoms with Crippen LogP contribution in [0.4, 0.5) is 5.69 Å². The number of hydrogen-bond acceptors (Lipinski definition) is 8. The Bertz CT molecular complexity index is 975. The van der Waals surface area contributed by atoms with E-state index in [9.17, 15) is 19.7 Å². The minimum Gasteiger partial charge on any atom is -0.490 e. The second-order valence-electron chi connectivity index (χ2n) is 6.84. The Morgan fingerprint density at radius 1 is 1.00 bits per heavy atom. The van der Waals surface area contributed by atoms with E-state index in [2.05, 4.69) is 0 Å². The molecular formula is C21H18N2O7. The number of hydroxylamine groups is 2. The zero-order valence-electron chi connectivity index (χ0n) is 15.7. The van der Waals surface area contributed by atoms with E-state index in [0.29, 0.717) is 18.7 Å². The average molecular weight is 410 g/mol. The van der Waals surface area contributed by atoms with E-state index in [4.69, 9.17) is 14.3 Å². The van der Waals surface area contributed by atoms with Crippen LogP contribution in [-0.2, 0) is 19.2 Å². The molecule has 154 valence electrons. The third-order valence-electron chi connectivity index (χ3n) is 4.94. The summed E-state index contributed by atoms with van der Waals surface area (Å²) in [6.45, 7) is 0.290. The largest absolute Gasteiger partial charge is 0.490 e. The van der Waals surface area contributed by atoms with Crippen LogP contribution in [0.5, 0.6) is 5.75 Å². The lowest BCUT2D eigenvalue weighted by Crippen LogP contribution is -2.54. The molecular weight excluding hydrogens is 392 g/mol. The highest BCUT2D eigenvalue weighted by molar-refractivity contribution is 5.92. The van der Waals surface area contributed by atoms with Gasteiger partial charge in [-0.2, -0.15) is 0 Å². The molecule has 30 heavy (non-hydrogen) atoms. The second-order valence-corrected chi connectivity index (χ2v) is 6.84. The molecule has 0 spiro atoms. The second kappa shape index (κ2) is 8.34. The fraction of sp³-hybridized carbons (Fsp3) is 0.238. The first kappa shape index (κ1) is 19.6. The number of piperidine rings is 1. The van der Waals surface area contributed by atoms with Gasteiger partial charge in [-0.25, -0.2) is 9.59 Å². The lowest BCUT2D eigenvalue weighted by Gasteiger charge is -2.43. The number of nitro benzene ring substituents is 1. The molecule has 2 aliphatic rings. The van der Waals surface area contributed by atoms with Gasteiger partial charge in [0.05, 0.1) is 10.8 Å². The molecule has 2 heterocycles. The fourth-order valence-corrected chi connectivity index (χ4v) is 3.60. The first-order valence-corrected chi connectivity index (χ1v) is 9.34. The molecule has 0 saturated carbocycles. The predicted octanol–water partition coefficient (Wildman–Crippen LogP) is 2.73. The van der Waals surface area contributed by atoms with Crippen molar-refractivity contribution in [1.82, 2.24) is 5.06 Å². The van der Waals surface area contributed by atoms with E-state index >= 15 is 0 Å². The molecule has 1 saturated heterocycles. The lowest BCUT2D eigenvalue weighted by molar-refractivity contribution is -0.384. The van der Waals surface area contributed by atoms with Crippen molar-refractivity contribution in [3.05, 3.63) is 82.4 Å². The third kappa shape index (κ3) is 4.15. The monoisotopic (exact) mass is 410 g/mol. The van der Waals surface area contributed by atoms with Gasteiger partial charge in [0.1, 0.15) is 11.9 Å². The van der Waals surface area contributed by atoms with Gasteiger partial charge in [0.2, 0.25) is 0 Å². The van der Waals surface area contributed by atoms with Crippen molar-refractivity contribution < 1.29 is 28.8 Å². The number of fused-ring (bicyclic) bond motifs is 1. The molecule has 3 unspecified atom stereocenters. The van der Waals surface area contributed by atoms with Gasteiger partial charge in [0.25, 0.3) is 5.69 Å². The Balaban J connectivity index is 1.66. The van der Waals surface area contributed by atoms with Crippen LogP contribution in [0, 0.1) is 10.1 Å². The van der Waals surface area contributed by atoms with Crippen molar-refractivity contribution in [2.24, 2.45) is 0 Å². The minimum atomic E-state index is -0.884. The number of nitro groups is 1. The quantitative estimate of drug-likeness (QED) is 0.430. The zero-order valence-corrected chi connectivity index (χ0v) is 15.7. The maximum Gasteiger partial charge on any atom is 0.350 e. The van der Waals surface area contributed by atoms with Gasteiger partial charge >= 0.3 is 11.9 Å². The topological polar surface area (TPSA) is 108 Å². The maximum atomic E-state index is 12.1. The van der Waals surface area contributed by atoms with Crippen LogP contribution in [0.3, 0.4) is 0 Å². The number of rotatable bonds is 4. The van der Waals surface area contributed by atoms with E-state index in [1.54, 1.807) is 0 Å². The highest BCUT2D eigenvalue weighted by Gasteiger charge is 2.45. The minimum absolute atomic E-state index is 0.0376. The number of ether oxygens (including phenoxy) is 2. The van der Waals surface area contributed by atoms with Gasteiger partial charge in [0.15, 0.2) is 6.23 Å². The van der Waals surface area contributed by atoms with Crippen molar-refractivity contribution in [3.8, 4) is 5.75 Å². The Hall–Kier alpha value is -3.72. The first-order chi connectivity index (χ1) is 14.5. The first-order valence-electron chi connectivity index (χ1n) is 9.34. The Kier molecular flexibility index (Phi) is 5.44. The molecule has 0 N–H and O–H groups in total. The SMILES string of the molecule is O=C1/C=C\C(=O)ON2CCC(Oc3ccc([N+](=O)[O-])cc3)C(c3ccccc3)C2O1. The number of esters is 1. The van der Waals surface area contributed by atoms with Gasteiger partial charge in [-0.15, -0.1) is 0 Å². The molecule has 9 nitrogen and oxygen atoms in total. The van der Waals surface area contributed by atoms with Gasteiger partial charge in [-0.3, -0.25) is 10.1 Å². The molecule has 0 bridgehead atoms. The number of non-ortho nitro benzene ring substituents is 1. The summed E-state index contributed by atoms with van der Waals surface area (Å²) in [4.78, 5) is 39.8. The van der Waals surface area contributed by atoms with Gasteiger partial charge in [-0.05, 0) is 17.7 Å². The molecule has 4 rings (SSSR count). The molecule has 2 aromatic rings. The van der Waals surface area contributed by atoms with Crippen molar-refractivity contribution in [1.29, 1.82) is 0 Å². The molecule has 1 fully saturated rings. The number of benzene rings is 2. The summed E-state index contributed by atoms with van der Waals surface area (Å²) < 4.78 is 11.7. The summed E-state index contributed by atoms with van der Waals surface area (Å²) >= 11 is 0. The molecule has 2 aromatic carbocycles. The van der Waals surface area contributed by atoms with Gasteiger partial charge in [-0.1, -0.05) is 35.4 Å². The molecule has 0 aliphatic carbocycles. The van der Waals surface area contributed by atoms with Crippen molar-refractivity contribution in [2.45, 2.75) is 24.7 Å². The number of nitrogens with zero attached hydrogens (tertiary/aromatic N) is 2.